The van der Waals surface area contributed by atoms with E-state index in [9.17, 15) is 14.4 Å². The molecule has 5 heteroatoms. The smallest absolute Gasteiger partial charge is 0.308 e. The van der Waals surface area contributed by atoms with Crippen molar-refractivity contribution in [1.82, 2.24) is 0 Å². The molecule has 0 spiro atoms. The standard InChI is InChI=1S/C23H30O5/c1-13(24)27-20-12-23(4)15(11-19(20)26)5-6-16-17-7-8-21(28-14(2)25)22(17,3)10-9-18(16)23/h11-12,16-18,21H,5-10H2,1-4H3/t16-,17-,18-,21-,22-,23-/m0/s1. The highest BCUT2D eigenvalue weighted by Gasteiger charge is 2.59. The Morgan fingerprint density at radius 2 is 1.79 bits per heavy atom. The summed E-state index contributed by atoms with van der Waals surface area (Å²) in [6.45, 7) is 7.33. The van der Waals surface area contributed by atoms with Crippen molar-refractivity contribution in [2.45, 2.75) is 72.3 Å². The molecule has 0 aliphatic heterocycles. The van der Waals surface area contributed by atoms with Gasteiger partial charge in [0, 0.05) is 24.7 Å². The summed E-state index contributed by atoms with van der Waals surface area (Å²) in [5.41, 5.74) is 0.965. The second-order valence-corrected chi connectivity index (χ2v) is 9.55. The molecule has 152 valence electrons. The van der Waals surface area contributed by atoms with Crippen LogP contribution in [0.1, 0.15) is 66.2 Å². The first-order valence-electron chi connectivity index (χ1n) is 10.5. The van der Waals surface area contributed by atoms with Crippen LogP contribution in [0.25, 0.3) is 0 Å². The lowest BCUT2D eigenvalue weighted by Gasteiger charge is -2.56. The van der Waals surface area contributed by atoms with Gasteiger partial charge in [0.05, 0.1) is 0 Å². The molecule has 0 N–H and O–H groups in total. The number of esters is 2. The number of hydrogen-bond donors (Lipinski definition) is 0. The number of ketones is 1. The predicted molar refractivity (Wildman–Crippen MR) is 103 cm³/mol. The Labute approximate surface area is 166 Å². The zero-order valence-corrected chi connectivity index (χ0v) is 17.2. The minimum atomic E-state index is -0.455. The first-order valence-corrected chi connectivity index (χ1v) is 10.5. The van der Waals surface area contributed by atoms with E-state index >= 15 is 0 Å². The van der Waals surface area contributed by atoms with Crippen LogP contribution >= 0.6 is 0 Å². The van der Waals surface area contributed by atoms with Crippen molar-refractivity contribution in [1.29, 1.82) is 0 Å². The van der Waals surface area contributed by atoms with Crippen molar-refractivity contribution in [3.63, 3.8) is 0 Å². The molecule has 0 aromatic carbocycles. The summed E-state index contributed by atoms with van der Waals surface area (Å²) >= 11 is 0. The third-order valence-corrected chi connectivity index (χ3v) is 8.10. The van der Waals surface area contributed by atoms with Gasteiger partial charge in [-0.2, -0.15) is 0 Å². The summed E-state index contributed by atoms with van der Waals surface area (Å²) in [5, 5.41) is 0. The van der Waals surface area contributed by atoms with Gasteiger partial charge >= 0.3 is 11.9 Å². The van der Waals surface area contributed by atoms with Crippen LogP contribution in [0.15, 0.2) is 23.5 Å². The number of rotatable bonds is 2. The highest BCUT2D eigenvalue weighted by molar-refractivity contribution is 6.05. The quantitative estimate of drug-likeness (QED) is 0.668. The highest BCUT2D eigenvalue weighted by Crippen LogP contribution is 2.65. The summed E-state index contributed by atoms with van der Waals surface area (Å²) in [6, 6.07) is 0. The van der Waals surface area contributed by atoms with E-state index in [0.29, 0.717) is 17.8 Å². The van der Waals surface area contributed by atoms with Crippen LogP contribution in [-0.4, -0.2) is 23.8 Å². The van der Waals surface area contributed by atoms with Crippen molar-refractivity contribution in [2.75, 3.05) is 0 Å². The van der Waals surface area contributed by atoms with E-state index in [-0.39, 0.29) is 34.4 Å². The fourth-order valence-electron chi connectivity index (χ4n) is 6.84. The molecule has 0 aromatic rings. The second kappa shape index (κ2) is 6.57. The van der Waals surface area contributed by atoms with Crippen LogP contribution in [0.2, 0.25) is 0 Å². The second-order valence-electron chi connectivity index (χ2n) is 9.55. The van der Waals surface area contributed by atoms with Gasteiger partial charge in [0.25, 0.3) is 0 Å². The predicted octanol–water partition coefficient (Wildman–Crippen LogP) is 4.12. The summed E-state index contributed by atoms with van der Waals surface area (Å²) in [7, 11) is 0. The molecule has 4 aliphatic rings. The molecule has 5 nitrogen and oxygen atoms in total. The third kappa shape index (κ3) is 2.85. The fraction of sp³-hybridized carbons (Fsp3) is 0.696. The number of hydrogen-bond acceptors (Lipinski definition) is 5. The van der Waals surface area contributed by atoms with E-state index in [1.54, 1.807) is 6.08 Å². The molecule has 0 aromatic heterocycles. The molecule has 3 fully saturated rings. The number of carbonyl (C=O) groups excluding carboxylic acids is 3. The Hall–Kier alpha value is -1.91. The molecule has 4 aliphatic carbocycles. The van der Waals surface area contributed by atoms with E-state index in [1.807, 2.05) is 6.08 Å². The van der Waals surface area contributed by atoms with E-state index in [1.165, 1.54) is 19.4 Å². The Balaban J connectivity index is 1.65. The maximum Gasteiger partial charge on any atom is 0.308 e. The summed E-state index contributed by atoms with van der Waals surface area (Å²) in [6.07, 6.45) is 9.69. The molecular weight excluding hydrogens is 356 g/mol. The highest BCUT2D eigenvalue weighted by atomic mass is 16.5. The normalized spacial score (nSPS) is 41.8. The molecule has 0 bridgehead atoms. The molecule has 4 rings (SSSR count). The molecular formula is C23H30O5. The Morgan fingerprint density at radius 3 is 2.46 bits per heavy atom. The largest absolute Gasteiger partial charge is 0.462 e. The van der Waals surface area contributed by atoms with Crippen LogP contribution in [0, 0.1) is 28.6 Å². The third-order valence-electron chi connectivity index (χ3n) is 8.10. The number of carbonyl (C=O) groups is 3. The maximum absolute atomic E-state index is 12.4. The molecule has 0 saturated heterocycles. The molecule has 28 heavy (non-hydrogen) atoms. The van der Waals surface area contributed by atoms with Gasteiger partial charge in [-0.25, -0.2) is 0 Å². The lowest BCUT2D eigenvalue weighted by molar-refractivity contribution is -0.156. The number of allylic oxidation sites excluding steroid dienone is 3. The van der Waals surface area contributed by atoms with Gasteiger partial charge in [0.2, 0.25) is 5.78 Å². The lowest BCUT2D eigenvalue weighted by Crippen LogP contribution is -2.51. The number of ether oxygens (including phenoxy) is 2. The number of fused-ring (bicyclic) bond motifs is 5. The minimum absolute atomic E-state index is 0.0146. The van der Waals surface area contributed by atoms with Crippen molar-refractivity contribution in [3.05, 3.63) is 23.5 Å². The van der Waals surface area contributed by atoms with E-state index in [0.717, 1.165) is 38.5 Å². The van der Waals surface area contributed by atoms with E-state index < -0.39 is 5.97 Å². The first kappa shape index (κ1) is 19.4. The summed E-state index contributed by atoms with van der Waals surface area (Å²) < 4.78 is 10.9. The Morgan fingerprint density at radius 1 is 1.04 bits per heavy atom. The minimum Gasteiger partial charge on any atom is -0.462 e. The van der Waals surface area contributed by atoms with Crippen molar-refractivity contribution in [2.24, 2.45) is 28.6 Å². The van der Waals surface area contributed by atoms with Crippen LogP contribution < -0.4 is 0 Å². The van der Waals surface area contributed by atoms with Crippen LogP contribution in [0.3, 0.4) is 0 Å². The van der Waals surface area contributed by atoms with Crippen LogP contribution in [0.5, 0.6) is 0 Å². The average molecular weight is 386 g/mol. The van der Waals surface area contributed by atoms with Crippen molar-refractivity contribution >= 4 is 17.7 Å². The van der Waals surface area contributed by atoms with E-state index in [2.05, 4.69) is 13.8 Å². The monoisotopic (exact) mass is 386 g/mol. The zero-order chi connectivity index (χ0) is 20.3. The fourth-order valence-corrected chi connectivity index (χ4v) is 6.84. The SMILES string of the molecule is CC(=O)OC1=C[C@@]2(C)C(=CC1=O)CC[C@H]1[C@@H]3CC[C@H](OC(C)=O)[C@@]3(C)CC[C@@H]12. The van der Waals surface area contributed by atoms with Crippen molar-refractivity contribution in [3.8, 4) is 0 Å². The van der Waals surface area contributed by atoms with Crippen molar-refractivity contribution < 1.29 is 23.9 Å². The average Bonchev–Trinajstić information content (AvgIpc) is 2.92. The van der Waals surface area contributed by atoms with Gasteiger partial charge in [-0.1, -0.05) is 19.4 Å². The van der Waals surface area contributed by atoms with Gasteiger partial charge < -0.3 is 9.47 Å². The Kier molecular flexibility index (Phi) is 4.55. The molecule has 3 saturated carbocycles. The molecule has 0 heterocycles. The van der Waals surface area contributed by atoms with Gasteiger partial charge in [0.1, 0.15) is 6.10 Å². The lowest BCUT2D eigenvalue weighted by atomic mass is 9.48. The molecule has 6 atom stereocenters. The van der Waals surface area contributed by atoms with Crippen LogP contribution in [0.4, 0.5) is 0 Å². The van der Waals surface area contributed by atoms with E-state index in [4.69, 9.17) is 9.47 Å². The summed E-state index contributed by atoms with van der Waals surface area (Å²) in [5.74, 6) is 0.815. The Bertz CT molecular complexity index is 793. The molecule has 0 amide bonds. The summed E-state index contributed by atoms with van der Waals surface area (Å²) in [4.78, 5) is 35.4. The van der Waals surface area contributed by atoms with Gasteiger partial charge in [-0.05, 0) is 68.4 Å². The topological polar surface area (TPSA) is 69.7 Å². The molecule has 0 radical (unpaired) electrons. The molecule has 0 unspecified atom stereocenters. The van der Waals surface area contributed by atoms with Gasteiger partial charge in [-0.3, -0.25) is 14.4 Å². The van der Waals surface area contributed by atoms with Gasteiger partial charge in [-0.15, -0.1) is 0 Å². The van der Waals surface area contributed by atoms with Crippen LogP contribution in [-0.2, 0) is 23.9 Å². The maximum atomic E-state index is 12.4. The first-order chi connectivity index (χ1) is 13.1. The zero-order valence-electron chi connectivity index (χ0n) is 17.2. The van der Waals surface area contributed by atoms with Gasteiger partial charge in [0.15, 0.2) is 5.76 Å².